The van der Waals surface area contributed by atoms with E-state index >= 15 is 0 Å². The third-order valence-electron chi connectivity index (χ3n) is 3.97. The minimum absolute atomic E-state index is 0.136. The SMILES string of the molecule is Cc1nc(SCc2cccc(C(=O)O)c2)[nH]c(=O)c1Cc1ccccc1. The summed E-state index contributed by atoms with van der Waals surface area (Å²) in [6.07, 6.45) is 0.542. The smallest absolute Gasteiger partial charge is 0.335 e. The Hall–Kier alpha value is -2.86. The number of carbonyl (C=O) groups is 1. The summed E-state index contributed by atoms with van der Waals surface area (Å²) in [6.45, 7) is 1.84. The Balaban J connectivity index is 1.75. The fraction of sp³-hybridized carbons (Fsp3) is 0.150. The number of nitrogens with zero attached hydrogens (tertiary/aromatic N) is 1. The number of nitrogens with one attached hydrogen (secondary N) is 1. The van der Waals surface area contributed by atoms with E-state index in [9.17, 15) is 9.59 Å². The number of aromatic amines is 1. The molecule has 26 heavy (non-hydrogen) atoms. The van der Waals surface area contributed by atoms with Gasteiger partial charge in [0.05, 0.1) is 5.56 Å². The molecule has 2 N–H and O–H groups in total. The Morgan fingerprint density at radius 2 is 1.85 bits per heavy atom. The van der Waals surface area contributed by atoms with Crippen LogP contribution in [0.3, 0.4) is 0 Å². The Kier molecular flexibility index (Phi) is 5.53. The van der Waals surface area contributed by atoms with E-state index in [2.05, 4.69) is 9.97 Å². The van der Waals surface area contributed by atoms with Crippen LogP contribution in [0.2, 0.25) is 0 Å². The molecule has 0 saturated carbocycles. The average Bonchev–Trinajstić information content (AvgIpc) is 2.64. The summed E-state index contributed by atoms with van der Waals surface area (Å²) in [7, 11) is 0. The molecule has 0 saturated heterocycles. The lowest BCUT2D eigenvalue weighted by Gasteiger charge is -2.08. The first-order valence-electron chi connectivity index (χ1n) is 8.11. The standard InChI is InChI=1S/C20H18N2O3S/c1-13-17(11-14-6-3-2-4-7-14)18(23)22-20(21-13)26-12-15-8-5-9-16(10-15)19(24)25/h2-10H,11-12H2,1H3,(H,24,25)(H,21,22,23). The topological polar surface area (TPSA) is 83.0 Å². The van der Waals surface area contributed by atoms with Gasteiger partial charge in [-0.1, -0.05) is 54.2 Å². The van der Waals surface area contributed by atoms with Crippen LogP contribution in [0, 0.1) is 6.92 Å². The van der Waals surface area contributed by atoms with Gasteiger partial charge >= 0.3 is 5.97 Å². The fourth-order valence-electron chi connectivity index (χ4n) is 2.61. The molecule has 0 aliphatic carbocycles. The zero-order valence-electron chi connectivity index (χ0n) is 14.2. The summed E-state index contributed by atoms with van der Waals surface area (Å²) in [4.78, 5) is 30.8. The van der Waals surface area contributed by atoms with E-state index in [1.54, 1.807) is 18.2 Å². The summed E-state index contributed by atoms with van der Waals surface area (Å²) in [5, 5.41) is 9.58. The zero-order chi connectivity index (χ0) is 18.5. The van der Waals surface area contributed by atoms with Crippen LogP contribution >= 0.6 is 11.8 Å². The molecule has 0 atom stereocenters. The quantitative estimate of drug-likeness (QED) is 0.514. The van der Waals surface area contributed by atoms with Gasteiger partial charge in [0.1, 0.15) is 0 Å². The summed E-state index contributed by atoms with van der Waals surface area (Å²) in [5.74, 6) is -0.425. The van der Waals surface area contributed by atoms with Crippen LogP contribution in [-0.2, 0) is 12.2 Å². The molecule has 132 valence electrons. The molecule has 3 rings (SSSR count). The van der Waals surface area contributed by atoms with Crippen LogP contribution in [-0.4, -0.2) is 21.0 Å². The second kappa shape index (κ2) is 8.01. The summed E-state index contributed by atoms with van der Waals surface area (Å²) in [5.41, 5.74) is 3.41. The van der Waals surface area contributed by atoms with E-state index in [4.69, 9.17) is 5.11 Å². The van der Waals surface area contributed by atoms with E-state index in [1.807, 2.05) is 43.3 Å². The first-order chi connectivity index (χ1) is 12.5. The molecule has 0 bridgehead atoms. The molecular formula is C20H18N2O3S. The van der Waals surface area contributed by atoms with Crippen molar-refractivity contribution in [2.75, 3.05) is 0 Å². The predicted molar refractivity (Wildman–Crippen MR) is 102 cm³/mol. The van der Waals surface area contributed by atoms with Crippen molar-refractivity contribution in [1.82, 2.24) is 9.97 Å². The molecule has 0 amide bonds. The van der Waals surface area contributed by atoms with E-state index < -0.39 is 5.97 Å². The third-order valence-corrected chi connectivity index (χ3v) is 4.92. The molecule has 2 aromatic carbocycles. The van der Waals surface area contributed by atoms with Gasteiger partial charge in [-0.2, -0.15) is 0 Å². The van der Waals surface area contributed by atoms with Crippen LogP contribution in [0.5, 0.6) is 0 Å². The van der Waals surface area contributed by atoms with Crippen LogP contribution in [0.1, 0.15) is 32.7 Å². The number of aromatic nitrogens is 2. The zero-order valence-corrected chi connectivity index (χ0v) is 15.0. The number of carboxylic acid groups (broad SMARTS) is 1. The maximum absolute atomic E-state index is 12.4. The van der Waals surface area contributed by atoms with Crippen molar-refractivity contribution < 1.29 is 9.90 Å². The molecular weight excluding hydrogens is 348 g/mol. The lowest BCUT2D eigenvalue weighted by molar-refractivity contribution is 0.0697. The minimum Gasteiger partial charge on any atom is -0.478 e. The van der Waals surface area contributed by atoms with Crippen molar-refractivity contribution in [3.05, 3.63) is 92.9 Å². The van der Waals surface area contributed by atoms with Gasteiger partial charge in [0.25, 0.3) is 5.56 Å². The number of hydrogen-bond donors (Lipinski definition) is 2. The van der Waals surface area contributed by atoms with Crippen molar-refractivity contribution in [2.45, 2.75) is 24.3 Å². The van der Waals surface area contributed by atoms with Gasteiger partial charge in [-0.05, 0) is 30.2 Å². The van der Waals surface area contributed by atoms with Gasteiger partial charge in [0.15, 0.2) is 5.16 Å². The number of aromatic carboxylic acids is 1. The van der Waals surface area contributed by atoms with E-state index in [1.165, 1.54) is 11.8 Å². The highest BCUT2D eigenvalue weighted by Gasteiger charge is 2.10. The number of carboxylic acids is 1. The maximum Gasteiger partial charge on any atom is 0.335 e. The van der Waals surface area contributed by atoms with Gasteiger partial charge in [0.2, 0.25) is 0 Å². The molecule has 0 radical (unpaired) electrons. The molecule has 3 aromatic rings. The monoisotopic (exact) mass is 366 g/mol. The number of benzene rings is 2. The van der Waals surface area contributed by atoms with Gasteiger partial charge in [-0.15, -0.1) is 0 Å². The predicted octanol–water partition coefficient (Wildman–Crippen LogP) is 3.66. The highest BCUT2D eigenvalue weighted by Crippen LogP contribution is 2.20. The average molecular weight is 366 g/mol. The van der Waals surface area contributed by atoms with Crippen LogP contribution < -0.4 is 5.56 Å². The number of rotatable bonds is 6. The molecule has 0 fully saturated rings. The normalized spacial score (nSPS) is 10.7. The number of aryl methyl sites for hydroxylation is 1. The molecule has 1 aromatic heterocycles. The highest BCUT2D eigenvalue weighted by atomic mass is 32.2. The maximum atomic E-state index is 12.4. The number of H-pyrrole nitrogens is 1. The highest BCUT2D eigenvalue weighted by molar-refractivity contribution is 7.98. The van der Waals surface area contributed by atoms with E-state index in [-0.39, 0.29) is 11.1 Å². The molecule has 0 aliphatic rings. The molecule has 0 spiro atoms. The van der Waals surface area contributed by atoms with E-state index in [0.717, 1.165) is 11.1 Å². The molecule has 5 nitrogen and oxygen atoms in total. The Bertz CT molecular complexity index is 984. The lowest BCUT2D eigenvalue weighted by Crippen LogP contribution is -2.17. The first kappa shape index (κ1) is 17.9. The molecule has 0 unspecified atom stereocenters. The molecule has 6 heteroatoms. The lowest BCUT2D eigenvalue weighted by atomic mass is 10.1. The largest absolute Gasteiger partial charge is 0.478 e. The van der Waals surface area contributed by atoms with Gasteiger partial charge in [0, 0.05) is 23.4 Å². The van der Waals surface area contributed by atoms with Crippen molar-refractivity contribution in [3.63, 3.8) is 0 Å². The van der Waals surface area contributed by atoms with Crippen LogP contribution in [0.15, 0.2) is 64.5 Å². The van der Waals surface area contributed by atoms with Crippen molar-refractivity contribution in [3.8, 4) is 0 Å². The Labute approximate surface area is 155 Å². The van der Waals surface area contributed by atoms with Crippen LogP contribution in [0.4, 0.5) is 0 Å². The minimum atomic E-state index is -0.954. The molecule has 0 aliphatic heterocycles. The fourth-order valence-corrected chi connectivity index (χ4v) is 3.46. The molecule has 1 heterocycles. The van der Waals surface area contributed by atoms with Gasteiger partial charge in [-0.3, -0.25) is 4.79 Å². The van der Waals surface area contributed by atoms with E-state index in [0.29, 0.717) is 28.6 Å². The second-order valence-corrected chi connectivity index (χ2v) is 6.86. The first-order valence-corrected chi connectivity index (χ1v) is 9.10. The van der Waals surface area contributed by atoms with Gasteiger partial charge in [-0.25, -0.2) is 9.78 Å². The van der Waals surface area contributed by atoms with Crippen molar-refractivity contribution >= 4 is 17.7 Å². The summed E-state index contributed by atoms with van der Waals surface area (Å²) < 4.78 is 0. The number of hydrogen-bond acceptors (Lipinski definition) is 4. The summed E-state index contributed by atoms with van der Waals surface area (Å²) in [6, 6.07) is 16.6. The van der Waals surface area contributed by atoms with Gasteiger partial charge < -0.3 is 10.1 Å². The Morgan fingerprint density at radius 3 is 2.54 bits per heavy atom. The number of thioether (sulfide) groups is 1. The van der Waals surface area contributed by atoms with Crippen molar-refractivity contribution in [2.24, 2.45) is 0 Å². The second-order valence-electron chi connectivity index (χ2n) is 5.89. The third kappa shape index (κ3) is 4.40. The van der Waals surface area contributed by atoms with Crippen LogP contribution in [0.25, 0.3) is 0 Å². The van der Waals surface area contributed by atoms with Crippen molar-refractivity contribution in [1.29, 1.82) is 0 Å². The Morgan fingerprint density at radius 1 is 1.12 bits per heavy atom. The summed E-state index contributed by atoms with van der Waals surface area (Å²) >= 11 is 1.38.